The summed E-state index contributed by atoms with van der Waals surface area (Å²) >= 11 is 0. The van der Waals surface area contributed by atoms with Gasteiger partial charge < -0.3 is 5.11 Å². The molecule has 19 heavy (non-hydrogen) atoms. The molecule has 0 unspecified atom stereocenters. The molecule has 2 aromatic rings. The molecule has 102 valence electrons. The van der Waals surface area contributed by atoms with Crippen molar-refractivity contribution in [2.45, 2.75) is 18.4 Å². The predicted molar refractivity (Wildman–Crippen MR) is 71.1 cm³/mol. The molecule has 0 aliphatic rings. The first-order valence-electron chi connectivity index (χ1n) is 5.65. The van der Waals surface area contributed by atoms with Crippen molar-refractivity contribution in [1.82, 2.24) is 9.78 Å². The van der Waals surface area contributed by atoms with E-state index in [9.17, 15) is 8.42 Å². The molecule has 6 nitrogen and oxygen atoms in total. The van der Waals surface area contributed by atoms with Crippen molar-refractivity contribution in [3.05, 3.63) is 41.7 Å². The second-order valence-corrected chi connectivity index (χ2v) is 5.89. The first-order valence-corrected chi connectivity index (χ1v) is 7.13. The molecule has 2 N–H and O–H groups in total. The first kappa shape index (κ1) is 13.6. The van der Waals surface area contributed by atoms with Crippen molar-refractivity contribution < 1.29 is 13.5 Å². The fourth-order valence-corrected chi connectivity index (χ4v) is 2.78. The molecule has 0 spiro atoms. The van der Waals surface area contributed by atoms with E-state index < -0.39 is 10.0 Å². The Morgan fingerprint density at radius 1 is 1.32 bits per heavy atom. The maximum atomic E-state index is 12.2. The Labute approximate surface area is 111 Å². The minimum Gasteiger partial charge on any atom is -0.392 e. The third-order valence-corrected chi connectivity index (χ3v) is 4.06. The number of hydrogen-bond donors (Lipinski definition) is 2. The van der Waals surface area contributed by atoms with Gasteiger partial charge in [-0.3, -0.25) is 9.40 Å². The SMILES string of the molecule is Cc1nn(C)cc1NS(=O)(=O)c1ccc(CO)cc1. The number of sulfonamides is 1. The summed E-state index contributed by atoms with van der Waals surface area (Å²) in [5.41, 5.74) is 1.73. The zero-order valence-electron chi connectivity index (χ0n) is 10.7. The molecule has 0 aliphatic carbocycles. The molecule has 0 atom stereocenters. The number of hydrogen-bond acceptors (Lipinski definition) is 4. The molecule has 2 rings (SSSR count). The molecule has 1 aromatic heterocycles. The van der Waals surface area contributed by atoms with Crippen LogP contribution in [0.2, 0.25) is 0 Å². The first-order chi connectivity index (χ1) is 8.92. The fourth-order valence-electron chi connectivity index (χ4n) is 1.68. The van der Waals surface area contributed by atoms with Crippen LogP contribution in [0.25, 0.3) is 0 Å². The van der Waals surface area contributed by atoms with Gasteiger partial charge in [0.15, 0.2) is 0 Å². The van der Waals surface area contributed by atoms with Crippen molar-refractivity contribution in [3.63, 3.8) is 0 Å². The summed E-state index contributed by atoms with van der Waals surface area (Å²) in [5.74, 6) is 0. The van der Waals surface area contributed by atoms with Crippen LogP contribution in [0.1, 0.15) is 11.3 Å². The molecule has 7 heteroatoms. The van der Waals surface area contributed by atoms with Crippen LogP contribution in [0.4, 0.5) is 5.69 Å². The lowest BCUT2D eigenvalue weighted by Gasteiger charge is -2.07. The summed E-state index contributed by atoms with van der Waals surface area (Å²) in [6, 6.07) is 6.06. The number of nitrogens with zero attached hydrogens (tertiary/aromatic N) is 2. The van der Waals surface area contributed by atoms with E-state index in [1.807, 2.05) is 0 Å². The standard InChI is InChI=1S/C12H15N3O3S/c1-9-12(7-15(2)13-9)14-19(17,18)11-5-3-10(8-16)4-6-11/h3-7,14,16H,8H2,1-2H3. The second-order valence-electron chi connectivity index (χ2n) is 4.21. The lowest BCUT2D eigenvalue weighted by molar-refractivity contribution is 0.282. The number of benzene rings is 1. The lowest BCUT2D eigenvalue weighted by atomic mass is 10.2. The molecule has 0 bridgehead atoms. The second kappa shape index (κ2) is 5.02. The van der Waals surface area contributed by atoms with Crippen LogP contribution < -0.4 is 4.72 Å². The number of nitrogens with one attached hydrogen (secondary N) is 1. The van der Waals surface area contributed by atoms with Crippen molar-refractivity contribution >= 4 is 15.7 Å². The number of anilines is 1. The van der Waals surface area contributed by atoms with Crippen LogP contribution in [-0.2, 0) is 23.7 Å². The highest BCUT2D eigenvalue weighted by Gasteiger charge is 2.16. The number of aliphatic hydroxyl groups is 1. The zero-order valence-corrected chi connectivity index (χ0v) is 11.5. The van der Waals surface area contributed by atoms with E-state index in [0.29, 0.717) is 16.9 Å². The molecule has 0 radical (unpaired) electrons. The van der Waals surface area contributed by atoms with Crippen LogP contribution in [0, 0.1) is 6.92 Å². The molecular formula is C12H15N3O3S. The van der Waals surface area contributed by atoms with Crippen LogP contribution >= 0.6 is 0 Å². The van der Waals surface area contributed by atoms with Gasteiger partial charge in [0, 0.05) is 13.2 Å². The third-order valence-electron chi connectivity index (χ3n) is 2.67. The average molecular weight is 281 g/mol. The van der Waals surface area contributed by atoms with Gasteiger partial charge in [0.25, 0.3) is 10.0 Å². The summed E-state index contributed by atoms with van der Waals surface area (Å²) in [7, 11) is -1.91. The Kier molecular flexibility index (Phi) is 3.59. The van der Waals surface area contributed by atoms with Crippen molar-refractivity contribution in [3.8, 4) is 0 Å². The van der Waals surface area contributed by atoms with E-state index in [0.717, 1.165) is 0 Å². The zero-order chi connectivity index (χ0) is 14.0. The molecule has 0 amide bonds. The lowest BCUT2D eigenvalue weighted by Crippen LogP contribution is -2.13. The predicted octanol–water partition coefficient (Wildman–Crippen LogP) is 1.02. The topological polar surface area (TPSA) is 84.2 Å². The summed E-state index contributed by atoms with van der Waals surface area (Å²) in [6.45, 7) is 1.61. The van der Waals surface area contributed by atoms with E-state index in [2.05, 4.69) is 9.82 Å². The Balaban J connectivity index is 2.29. The molecular weight excluding hydrogens is 266 g/mol. The normalized spacial score (nSPS) is 11.5. The molecule has 0 saturated heterocycles. The van der Waals surface area contributed by atoms with E-state index in [1.165, 1.54) is 12.1 Å². The highest BCUT2D eigenvalue weighted by Crippen LogP contribution is 2.18. The minimum absolute atomic E-state index is 0.116. The quantitative estimate of drug-likeness (QED) is 0.876. The van der Waals surface area contributed by atoms with Gasteiger partial charge in [0.2, 0.25) is 0 Å². The van der Waals surface area contributed by atoms with Crippen molar-refractivity contribution in [2.75, 3.05) is 4.72 Å². The monoisotopic (exact) mass is 281 g/mol. The van der Waals surface area contributed by atoms with Crippen LogP contribution in [0.15, 0.2) is 35.4 Å². The Morgan fingerprint density at radius 2 is 1.95 bits per heavy atom. The van der Waals surface area contributed by atoms with Gasteiger partial charge in [-0.25, -0.2) is 8.42 Å². The maximum absolute atomic E-state index is 12.2. The smallest absolute Gasteiger partial charge is 0.262 e. The van der Waals surface area contributed by atoms with E-state index >= 15 is 0 Å². The minimum atomic E-state index is -3.63. The summed E-state index contributed by atoms with van der Waals surface area (Å²) in [4.78, 5) is 0.146. The van der Waals surface area contributed by atoms with Crippen LogP contribution in [0.3, 0.4) is 0 Å². The van der Waals surface area contributed by atoms with Crippen LogP contribution in [-0.4, -0.2) is 23.3 Å². The van der Waals surface area contributed by atoms with Gasteiger partial charge in [0.1, 0.15) is 0 Å². The number of aromatic nitrogens is 2. The van der Waals surface area contributed by atoms with Gasteiger partial charge in [-0.1, -0.05) is 12.1 Å². The maximum Gasteiger partial charge on any atom is 0.262 e. The third kappa shape index (κ3) is 2.94. The Hall–Kier alpha value is -1.86. The molecule has 0 saturated carbocycles. The van der Waals surface area contributed by atoms with Crippen molar-refractivity contribution in [1.29, 1.82) is 0 Å². The molecule has 0 fully saturated rings. The molecule has 0 aliphatic heterocycles. The van der Waals surface area contributed by atoms with Gasteiger partial charge >= 0.3 is 0 Å². The Bertz CT molecular complexity index is 675. The van der Waals surface area contributed by atoms with Gasteiger partial charge in [-0.05, 0) is 24.6 Å². The Morgan fingerprint density at radius 3 is 2.42 bits per heavy atom. The van der Waals surface area contributed by atoms with E-state index in [1.54, 1.807) is 37.0 Å². The number of aryl methyl sites for hydroxylation is 2. The number of rotatable bonds is 4. The number of aliphatic hydroxyl groups excluding tert-OH is 1. The largest absolute Gasteiger partial charge is 0.392 e. The van der Waals surface area contributed by atoms with Gasteiger partial charge in [0.05, 0.1) is 22.9 Å². The van der Waals surface area contributed by atoms with Crippen molar-refractivity contribution in [2.24, 2.45) is 7.05 Å². The summed E-state index contributed by atoms with van der Waals surface area (Å²) in [6.07, 6.45) is 1.61. The van der Waals surface area contributed by atoms with Gasteiger partial charge in [-0.15, -0.1) is 0 Å². The van der Waals surface area contributed by atoms with E-state index in [4.69, 9.17) is 5.11 Å². The average Bonchev–Trinajstić information content (AvgIpc) is 2.67. The molecule has 1 heterocycles. The van der Waals surface area contributed by atoms with E-state index in [-0.39, 0.29) is 11.5 Å². The highest BCUT2D eigenvalue weighted by molar-refractivity contribution is 7.92. The highest BCUT2D eigenvalue weighted by atomic mass is 32.2. The summed E-state index contributed by atoms with van der Waals surface area (Å²) in [5, 5.41) is 13.0. The summed E-state index contributed by atoms with van der Waals surface area (Å²) < 4.78 is 28.3. The fraction of sp³-hybridized carbons (Fsp3) is 0.250. The van der Waals surface area contributed by atoms with Gasteiger partial charge in [-0.2, -0.15) is 5.10 Å². The van der Waals surface area contributed by atoms with Crippen LogP contribution in [0.5, 0.6) is 0 Å². The molecule has 1 aromatic carbocycles.